The summed E-state index contributed by atoms with van der Waals surface area (Å²) in [5.74, 6) is -0.215. The zero-order chi connectivity index (χ0) is 14.1. The second kappa shape index (κ2) is 9.01. The quantitative estimate of drug-likeness (QED) is 0.601. The third kappa shape index (κ3) is 6.66. The van der Waals surface area contributed by atoms with Crippen LogP contribution in [0.15, 0.2) is 0 Å². The number of aliphatic hydroxyl groups excluding tert-OH is 1. The Labute approximate surface area is 114 Å². The molecule has 0 saturated carbocycles. The highest BCUT2D eigenvalue weighted by atomic mass is 16.5. The van der Waals surface area contributed by atoms with Crippen LogP contribution in [0, 0.1) is 0 Å². The molecule has 6 heteroatoms. The number of ether oxygens (including phenoxy) is 1. The van der Waals surface area contributed by atoms with Gasteiger partial charge >= 0.3 is 5.97 Å². The lowest BCUT2D eigenvalue weighted by Gasteiger charge is -2.33. The van der Waals surface area contributed by atoms with Crippen molar-refractivity contribution in [2.45, 2.75) is 19.8 Å². The molecule has 0 aromatic heterocycles. The van der Waals surface area contributed by atoms with Gasteiger partial charge in [-0.15, -0.1) is 0 Å². The Morgan fingerprint density at radius 1 is 1.11 bits per heavy atom. The molecular formula is C13H24N2O4. The van der Waals surface area contributed by atoms with Crippen LogP contribution in [0.1, 0.15) is 19.8 Å². The largest absolute Gasteiger partial charge is 0.466 e. The summed E-state index contributed by atoms with van der Waals surface area (Å²) in [5, 5.41) is 8.84. The van der Waals surface area contributed by atoms with Gasteiger partial charge in [-0.05, 0) is 6.92 Å². The zero-order valence-corrected chi connectivity index (χ0v) is 11.6. The van der Waals surface area contributed by atoms with E-state index in [1.807, 2.05) is 0 Å². The molecule has 110 valence electrons. The normalized spacial score (nSPS) is 17.4. The number of Topliss-reactive ketones (excluding diaryl/α,β-unsaturated/α-hetero) is 1. The van der Waals surface area contributed by atoms with Crippen LogP contribution in [-0.4, -0.2) is 79.1 Å². The van der Waals surface area contributed by atoms with E-state index < -0.39 is 0 Å². The fourth-order valence-electron chi connectivity index (χ4n) is 2.12. The van der Waals surface area contributed by atoms with Crippen molar-refractivity contribution in [1.82, 2.24) is 9.80 Å². The number of ketones is 1. The fourth-order valence-corrected chi connectivity index (χ4v) is 2.12. The summed E-state index contributed by atoms with van der Waals surface area (Å²) < 4.78 is 4.79. The molecule has 0 aromatic carbocycles. The van der Waals surface area contributed by atoms with Gasteiger partial charge in [-0.2, -0.15) is 0 Å². The predicted octanol–water partition coefficient (Wildman–Crippen LogP) is -0.491. The Morgan fingerprint density at radius 2 is 1.74 bits per heavy atom. The van der Waals surface area contributed by atoms with Gasteiger partial charge in [0.25, 0.3) is 0 Å². The van der Waals surface area contributed by atoms with Crippen LogP contribution in [0.2, 0.25) is 0 Å². The number of carbonyl (C=O) groups excluding carboxylic acids is 2. The summed E-state index contributed by atoms with van der Waals surface area (Å²) in [7, 11) is 0. The number of hydrogen-bond acceptors (Lipinski definition) is 6. The first-order chi connectivity index (χ1) is 9.15. The predicted molar refractivity (Wildman–Crippen MR) is 70.8 cm³/mol. The van der Waals surface area contributed by atoms with Crippen molar-refractivity contribution in [3.05, 3.63) is 0 Å². The summed E-state index contributed by atoms with van der Waals surface area (Å²) in [4.78, 5) is 27.1. The van der Waals surface area contributed by atoms with Crippen molar-refractivity contribution < 1.29 is 19.4 Å². The maximum absolute atomic E-state index is 11.7. The number of rotatable bonds is 8. The molecule has 1 saturated heterocycles. The van der Waals surface area contributed by atoms with Crippen molar-refractivity contribution >= 4 is 11.8 Å². The van der Waals surface area contributed by atoms with Crippen molar-refractivity contribution in [3.63, 3.8) is 0 Å². The number of esters is 1. The highest BCUT2D eigenvalue weighted by Gasteiger charge is 2.18. The lowest BCUT2D eigenvalue weighted by Crippen LogP contribution is -2.48. The van der Waals surface area contributed by atoms with E-state index >= 15 is 0 Å². The van der Waals surface area contributed by atoms with E-state index in [0.29, 0.717) is 19.7 Å². The van der Waals surface area contributed by atoms with Crippen molar-refractivity contribution in [1.29, 1.82) is 0 Å². The molecule has 0 unspecified atom stereocenters. The molecule has 1 heterocycles. The van der Waals surface area contributed by atoms with Gasteiger partial charge in [-0.1, -0.05) is 0 Å². The average Bonchev–Trinajstić information content (AvgIpc) is 2.39. The van der Waals surface area contributed by atoms with E-state index in [0.717, 1.165) is 26.2 Å². The third-order valence-corrected chi connectivity index (χ3v) is 3.19. The molecule has 0 radical (unpaired) electrons. The van der Waals surface area contributed by atoms with Crippen LogP contribution in [-0.2, 0) is 14.3 Å². The minimum absolute atomic E-state index is 0.0867. The first-order valence-corrected chi connectivity index (χ1v) is 6.88. The van der Waals surface area contributed by atoms with Gasteiger partial charge in [-0.25, -0.2) is 0 Å². The number of hydrogen-bond donors (Lipinski definition) is 1. The summed E-state index contributed by atoms with van der Waals surface area (Å²) in [6, 6.07) is 0. The number of aliphatic hydroxyl groups is 1. The third-order valence-electron chi connectivity index (χ3n) is 3.19. The van der Waals surface area contributed by atoms with Crippen molar-refractivity contribution in [2.24, 2.45) is 0 Å². The summed E-state index contributed by atoms with van der Waals surface area (Å²) >= 11 is 0. The van der Waals surface area contributed by atoms with E-state index in [2.05, 4.69) is 9.80 Å². The molecule has 6 nitrogen and oxygen atoms in total. The summed E-state index contributed by atoms with van der Waals surface area (Å²) in [6.45, 7) is 6.84. The highest BCUT2D eigenvalue weighted by molar-refractivity contribution is 5.84. The second-order valence-corrected chi connectivity index (χ2v) is 4.69. The number of carbonyl (C=O) groups is 2. The maximum Gasteiger partial charge on any atom is 0.306 e. The molecule has 0 aliphatic carbocycles. The molecule has 0 aromatic rings. The minimum atomic E-state index is -0.302. The highest BCUT2D eigenvalue weighted by Crippen LogP contribution is 2.03. The van der Waals surface area contributed by atoms with Gasteiger partial charge in [0.1, 0.15) is 5.78 Å². The molecule has 1 rings (SSSR count). The van der Waals surface area contributed by atoms with Gasteiger partial charge in [0, 0.05) is 39.1 Å². The minimum Gasteiger partial charge on any atom is -0.466 e. The molecular weight excluding hydrogens is 248 g/mol. The monoisotopic (exact) mass is 272 g/mol. The molecule has 1 N–H and O–H groups in total. The van der Waals surface area contributed by atoms with Crippen LogP contribution in [0.25, 0.3) is 0 Å². The summed E-state index contributed by atoms with van der Waals surface area (Å²) in [6.07, 6.45) is 0.437. The SMILES string of the molecule is CCOC(=O)CCC(=O)CN1CCN(CCO)CC1. The molecule has 19 heavy (non-hydrogen) atoms. The number of nitrogens with zero attached hydrogens (tertiary/aromatic N) is 2. The molecule has 1 aliphatic rings. The number of piperazine rings is 1. The second-order valence-electron chi connectivity index (χ2n) is 4.69. The van der Waals surface area contributed by atoms with Crippen LogP contribution in [0.4, 0.5) is 0 Å². The average molecular weight is 272 g/mol. The maximum atomic E-state index is 11.7. The Hall–Kier alpha value is -0.980. The van der Waals surface area contributed by atoms with Crippen LogP contribution < -0.4 is 0 Å². The summed E-state index contributed by atoms with van der Waals surface area (Å²) in [5.41, 5.74) is 0. The first-order valence-electron chi connectivity index (χ1n) is 6.88. The van der Waals surface area contributed by atoms with Gasteiger partial charge in [0.15, 0.2) is 0 Å². The van der Waals surface area contributed by atoms with Crippen molar-refractivity contribution in [3.8, 4) is 0 Å². The molecule has 0 amide bonds. The van der Waals surface area contributed by atoms with Gasteiger partial charge in [0.05, 0.1) is 26.2 Å². The molecule has 1 aliphatic heterocycles. The van der Waals surface area contributed by atoms with E-state index in [1.165, 1.54) is 0 Å². The van der Waals surface area contributed by atoms with Crippen LogP contribution >= 0.6 is 0 Å². The molecule has 0 bridgehead atoms. The lowest BCUT2D eigenvalue weighted by atomic mass is 10.2. The Balaban J connectivity index is 2.14. The van der Waals surface area contributed by atoms with Gasteiger partial charge in [0.2, 0.25) is 0 Å². The smallest absolute Gasteiger partial charge is 0.306 e. The molecule has 1 fully saturated rings. The van der Waals surface area contributed by atoms with E-state index in [-0.39, 0.29) is 31.2 Å². The zero-order valence-electron chi connectivity index (χ0n) is 11.6. The first kappa shape index (κ1) is 16.1. The lowest BCUT2D eigenvalue weighted by molar-refractivity contribution is -0.144. The Morgan fingerprint density at radius 3 is 2.32 bits per heavy atom. The van der Waals surface area contributed by atoms with Crippen LogP contribution in [0.5, 0.6) is 0 Å². The van der Waals surface area contributed by atoms with E-state index in [9.17, 15) is 9.59 Å². The standard InChI is InChI=1S/C13H24N2O4/c1-2-19-13(18)4-3-12(17)11-15-7-5-14(6-8-15)9-10-16/h16H,2-11H2,1H3. The van der Waals surface area contributed by atoms with E-state index in [4.69, 9.17) is 9.84 Å². The topological polar surface area (TPSA) is 70.1 Å². The Kier molecular flexibility index (Phi) is 7.62. The van der Waals surface area contributed by atoms with E-state index in [1.54, 1.807) is 6.92 Å². The van der Waals surface area contributed by atoms with Gasteiger partial charge < -0.3 is 9.84 Å². The van der Waals surface area contributed by atoms with Crippen LogP contribution in [0.3, 0.4) is 0 Å². The molecule has 0 atom stereocenters. The van der Waals surface area contributed by atoms with Crippen molar-refractivity contribution in [2.75, 3.05) is 52.5 Å². The Bertz CT molecular complexity index is 288. The van der Waals surface area contributed by atoms with Gasteiger partial charge in [-0.3, -0.25) is 19.4 Å². The molecule has 0 spiro atoms. The number of β-amino-alcohol motifs (C(OH)–C–C–N with tert-alkyl or cyclic N) is 1. The fraction of sp³-hybridized carbons (Fsp3) is 0.846.